The van der Waals surface area contributed by atoms with Crippen LogP contribution in [0, 0.1) is 0 Å². The van der Waals surface area contributed by atoms with Crippen LogP contribution in [0.25, 0.3) is 0 Å². The molecule has 0 amide bonds. The Morgan fingerprint density at radius 2 is 1.87 bits per heavy atom. The predicted molar refractivity (Wildman–Crippen MR) is 61.7 cm³/mol. The van der Waals surface area contributed by atoms with Gasteiger partial charge >= 0.3 is 0 Å². The summed E-state index contributed by atoms with van der Waals surface area (Å²) in [6.07, 6.45) is 3.46. The minimum atomic E-state index is 0.243. The normalized spacial score (nSPS) is 17.1. The summed E-state index contributed by atoms with van der Waals surface area (Å²) in [5, 5.41) is 8.88. The van der Waals surface area contributed by atoms with E-state index < -0.39 is 0 Å². The number of likely N-dealkylation sites (tertiary alicyclic amines) is 1. The van der Waals surface area contributed by atoms with Crippen molar-refractivity contribution in [3.8, 4) is 0 Å². The Labute approximate surface area is 91.5 Å². The van der Waals surface area contributed by atoms with Crippen molar-refractivity contribution in [3.05, 3.63) is 35.4 Å². The van der Waals surface area contributed by atoms with E-state index in [2.05, 4.69) is 29.2 Å². The van der Waals surface area contributed by atoms with Crippen molar-refractivity contribution >= 4 is 0 Å². The fourth-order valence-corrected chi connectivity index (χ4v) is 2.21. The highest BCUT2D eigenvalue weighted by molar-refractivity contribution is 5.23. The van der Waals surface area contributed by atoms with E-state index in [0.29, 0.717) is 0 Å². The maximum Gasteiger partial charge on any atom is 0.0471 e. The maximum absolute atomic E-state index is 8.88. The van der Waals surface area contributed by atoms with Crippen molar-refractivity contribution in [2.45, 2.75) is 25.8 Å². The van der Waals surface area contributed by atoms with Crippen LogP contribution in [-0.2, 0) is 13.0 Å². The van der Waals surface area contributed by atoms with Gasteiger partial charge in [-0.1, -0.05) is 24.3 Å². The lowest BCUT2D eigenvalue weighted by atomic mass is 10.1. The number of benzene rings is 1. The minimum Gasteiger partial charge on any atom is -0.396 e. The first-order chi connectivity index (χ1) is 7.38. The molecule has 0 atom stereocenters. The van der Waals surface area contributed by atoms with Crippen molar-refractivity contribution in [3.63, 3.8) is 0 Å². The summed E-state index contributed by atoms with van der Waals surface area (Å²) in [7, 11) is 0. The molecule has 15 heavy (non-hydrogen) atoms. The first-order valence-corrected chi connectivity index (χ1v) is 5.79. The molecule has 1 aromatic carbocycles. The number of aliphatic hydroxyl groups excluding tert-OH is 1. The van der Waals surface area contributed by atoms with Gasteiger partial charge in [0.25, 0.3) is 0 Å². The number of hydrogen-bond acceptors (Lipinski definition) is 2. The molecule has 1 aliphatic rings. The summed E-state index contributed by atoms with van der Waals surface area (Å²) in [5.74, 6) is 0. The first-order valence-electron chi connectivity index (χ1n) is 5.79. The van der Waals surface area contributed by atoms with E-state index in [1.807, 2.05) is 0 Å². The van der Waals surface area contributed by atoms with Gasteiger partial charge in [0.1, 0.15) is 0 Å². The average Bonchev–Trinajstić information content (AvgIpc) is 2.71. The van der Waals surface area contributed by atoms with Crippen LogP contribution in [0.1, 0.15) is 24.0 Å². The molecule has 0 radical (unpaired) electrons. The highest BCUT2D eigenvalue weighted by Crippen LogP contribution is 2.13. The van der Waals surface area contributed by atoms with Crippen molar-refractivity contribution in [1.29, 1.82) is 0 Å². The molecule has 0 bridgehead atoms. The lowest BCUT2D eigenvalue weighted by Gasteiger charge is -2.14. The Balaban J connectivity index is 1.97. The molecular weight excluding hydrogens is 186 g/mol. The highest BCUT2D eigenvalue weighted by atomic mass is 16.2. The van der Waals surface area contributed by atoms with Gasteiger partial charge in [-0.15, -0.1) is 0 Å². The minimum absolute atomic E-state index is 0.243. The van der Waals surface area contributed by atoms with Gasteiger partial charge in [0.15, 0.2) is 0 Å². The van der Waals surface area contributed by atoms with Crippen LogP contribution >= 0.6 is 0 Å². The maximum atomic E-state index is 8.88. The van der Waals surface area contributed by atoms with E-state index in [9.17, 15) is 0 Å². The lowest BCUT2D eigenvalue weighted by Crippen LogP contribution is -2.18. The molecule has 1 fully saturated rings. The van der Waals surface area contributed by atoms with Crippen LogP contribution in [-0.4, -0.2) is 29.7 Å². The first kappa shape index (κ1) is 10.7. The van der Waals surface area contributed by atoms with Crippen LogP contribution in [0.5, 0.6) is 0 Å². The van der Waals surface area contributed by atoms with E-state index >= 15 is 0 Å². The molecular formula is C13H19NO. The number of rotatable bonds is 4. The quantitative estimate of drug-likeness (QED) is 0.810. The number of aliphatic hydroxyl groups is 1. The van der Waals surface area contributed by atoms with Crippen LogP contribution in [0.3, 0.4) is 0 Å². The third-order valence-corrected chi connectivity index (χ3v) is 3.00. The second-order valence-electron chi connectivity index (χ2n) is 4.28. The zero-order valence-corrected chi connectivity index (χ0v) is 9.15. The van der Waals surface area contributed by atoms with E-state index in [0.717, 1.165) is 13.0 Å². The summed E-state index contributed by atoms with van der Waals surface area (Å²) in [5.41, 5.74) is 2.62. The van der Waals surface area contributed by atoms with E-state index in [1.165, 1.54) is 37.1 Å². The fourth-order valence-electron chi connectivity index (χ4n) is 2.21. The van der Waals surface area contributed by atoms with Gasteiger partial charge in [0, 0.05) is 13.2 Å². The zero-order valence-electron chi connectivity index (χ0n) is 9.15. The standard InChI is InChI=1S/C13H19NO/c15-9-6-12-4-3-5-13(10-12)11-14-7-1-2-8-14/h3-5,10,15H,1-2,6-9,11H2. The average molecular weight is 205 g/mol. The molecule has 2 heteroatoms. The molecule has 2 nitrogen and oxygen atoms in total. The third kappa shape index (κ3) is 3.05. The van der Waals surface area contributed by atoms with Gasteiger partial charge in [0.2, 0.25) is 0 Å². The number of hydrogen-bond donors (Lipinski definition) is 1. The molecule has 0 aliphatic carbocycles. The molecule has 1 aromatic rings. The van der Waals surface area contributed by atoms with Crippen molar-refractivity contribution < 1.29 is 5.11 Å². The topological polar surface area (TPSA) is 23.5 Å². The molecule has 0 aromatic heterocycles. The van der Waals surface area contributed by atoms with Gasteiger partial charge in [-0.3, -0.25) is 4.90 Å². The van der Waals surface area contributed by atoms with Crippen LogP contribution in [0.2, 0.25) is 0 Å². The van der Waals surface area contributed by atoms with Crippen molar-refractivity contribution in [1.82, 2.24) is 4.90 Å². The van der Waals surface area contributed by atoms with Crippen LogP contribution < -0.4 is 0 Å². The second-order valence-corrected chi connectivity index (χ2v) is 4.28. The molecule has 1 N–H and O–H groups in total. The van der Waals surface area contributed by atoms with E-state index in [1.54, 1.807) is 0 Å². The smallest absolute Gasteiger partial charge is 0.0471 e. The molecule has 0 spiro atoms. The summed E-state index contributed by atoms with van der Waals surface area (Å²) >= 11 is 0. The molecule has 0 unspecified atom stereocenters. The molecule has 1 saturated heterocycles. The zero-order chi connectivity index (χ0) is 10.5. The third-order valence-electron chi connectivity index (χ3n) is 3.00. The summed E-state index contributed by atoms with van der Waals surface area (Å²) in [6.45, 7) is 3.79. The van der Waals surface area contributed by atoms with E-state index in [4.69, 9.17) is 5.11 Å². The molecule has 0 saturated carbocycles. The van der Waals surface area contributed by atoms with Crippen LogP contribution in [0.4, 0.5) is 0 Å². The monoisotopic (exact) mass is 205 g/mol. The molecule has 2 rings (SSSR count). The molecule has 1 heterocycles. The Hall–Kier alpha value is -0.860. The molecule has 1 aliphatic heterocycles. The van der Waals surface area contributed by atoms with Gasteiger partial charge in [-0.05, 0) is 43.5 Å². The Kier molecular flexibility index (Phi) is 3.75. The van der Waals surface area contributed by atoms with Crippen molar-refractivity contribution in [2.75, 3.05) is 19.7 Å². The predicted octanol–water partition coefficient (Wildman–Crippen LogP) is 1.82. The molecule has 82 valence electrons. The van der Waals surface area contributed by atoms with Gasteiger partial charge < -0.3 is 5.11 Å². The second kappa shape index (κ2) is 5.29. The van der Waals surface area contributed by atoms with Gasteiger partial charge in [-0.2, -0.15) is 0 Å². The SMILES string of the molecule is OCCc1cccc(CN2CCCC2)c1. The largest absolute Gasteiger partial charge is 0.396 e. The van der Waals surface area contributed by atoms with Crippen LogP contribution in [0.15, 0.2) is 24.3 Å². The van der Waals surface area contributed by atoms with E-state index in [-0.39, 0.29) is 6.61 Å². The van der Waals surface area contributed by atoms with Crippen molar-refractivity contribution in [2.24, 2.45) is 0 Å². The Bertz CT molecular complexity index is 305. The Morgan fingerprint density at radius 1 is 1.13 bits per heavy atom. The fraction of sp³-hybridized carbons (Fsp3) is 0.538. The van der Waals surface area contributed by atoms with Gasteiger partial charge in [-0.25, -0.2) is 0 Å². The van der Waals surface area contributed by atoms with Gasteiger partial charge in [0.05, 0.1) is 0 Å². The highest BCUT2D eigenvalue weighted by Gasteiger charge is 2.11. The Morgan fingerprint density at radius 3 is 2.60 bits per heavy atom. The lowest BCUT2D eigenvalue weighted by molar-refractivity contribution is 0.299. The summed E-state index contributed by atoms with van der Waals surface area (Å²) < 4.78 is 0. The number of nitrogens with zero attached hydrogens (tertiary/aromatic N) is 1. The summed E-state index contributed by atoms with van der Waals surface area (Å²) in [6, 6.07) is 8.58. The summed E-state index contributed by atoms with van der Waals surface area (Å²) in [4.78, 5) is 2.50.